The van der Waals surface area contributed by atoms with Crippen molar-refractivity contribution in [1.82, 2.24) is 5.32 Å². The van der Waals surface area contributed by atoms with Gasteiger partial charge in [-0.3, -0.25) is 0 Å². The lowest BCUT2D eigenvalue weighted by atomic mass is 9.98. The summed E-state index contributed by atoms with van der Waals surface area (Å²) in [6, 6.07) is 2.43. The van der Waals surface area contributed by atoms with Crippen LogP contribution in [-0.4, -0.2) is 36.2 Å². The predicted molar refractivity (Wildman–Crippen MR) is 67.6 cm³/mol. The average molecular weight is 270 g/mol. The molecule has 0 amide bonds. The van der Waals surface area contributed by atoms with Gasteiger partial charge in [0.05, 0.1) is 11.3 Å². The third-order valence-corrected chi connectivity index (χ3v) is 3.38. The van der Waals surface area contributed by atoms with Crippen molar-refractivity contribution in [3.8, 4) is 0 Å². The smallest absolute Gasteiger partial charge is 0.338 e. The Morgan fingerprint density at radius 1 is 1.37 bits per heavy atom. The van der Waals surface area contributed by atoms with E-state index < -0.39 is 23.2 Å². The number of carboxylic acids is 1. The maximum Gasteiger partial charge on any atom is 0.338 e. The quantitative estimate of drug-likeness (QED) is 0.861. The van der Waals surface area contributed by atoms with Crippen LogP contribution in [0.4, 0.5) is 14.5 Å². The molecule has 0 saturated carbocycles. The zero-order valence-corrected chi connectivity index (χ0v) is 10.8. The number of carboxylic acid groups (broad SMARTS) is 1. The van der Waals surface area contributed by atoms with Crippen LogP contribution in [0.5, 0.6) is 0 Å². The molecule has 104 valence electrons. The number of nitrogens with zero attached hydrogens (tertiary/aromatic N) is 1. The molecule has 2 rings (SSSR count). The molecule has 0 aromatic heterocycles. The van der Waals surface area contributed by atoms with Gasteiger partial charge in [-0.25, -0.2) is 13.6 Å². The van der Waals surface area contributed by atoms with Crippen molar-refractivity contribution in [1.29, 1.82) is 0 Å². The molecule has 0 bridgehead atoms. The molecule has 0 aliphatic carbocycles. The van der Waals surface area contributed by atoms with Crippen LogP contribution >= 0.6 is 0 Å². The number of rotatable bonds is 2. The van der Waals surface area contributed by atoms with Crippen molar-refractivity contribution in [3.05, 3.63) is 29.3 Å². The molecule has 6 heteroatoms. The fourth-order valence-corrected chi connectivity index (χ4v) is 2.34. The summed E-state index contributed by atoms with van der Waals surface area (Å²) in [6.07, 6.45) is 0. The Morgan fingerprint density at radius 3 is 2.63 bits per heavy atom. The number of benzene rings is 1. The second-order valence-electron chi connectivity index (χ2n) is 5.21. The summed E-state index contributed by atoms with van der Waals surface area (Å²) in [7, 11) is 0. The molecular formula is C13H16F2N2O2. The Hall–Kier alpha value is -1.69. The molecule has 1 heterocycles. The van der Waals surface area contributed by atoms with E-state index in [0.717, 1.165) is 6.07 Å². The zero-order chi connectivity index (χ0) is 14.2. The van der Waals surface area contributed by atoms with Crippen molar-refractivity contribution in [2.45, 2.75) is 19.4 Å². The fourth-order valence-electron chi connectivity index (χ4n) is 2.34. The van der Waals surface area contributed by atoms with E-state index in [-0.39, 0.29) is 11.2 Å². The van der Waals surface area contributed by atoms with Gasteiger partial charge < -0.3 is 15.3 Å². The van der Waals surface area contributed by atoms with Gasteiger partial charge in [-0.05, 0) is 26.0 Å². The molecule has 0 radical (unpaired) electrons. The summed E-state index contributed by atoms with van der Waals surface area (Å²) < 4.78 is 27.8. The third-order valence-electron chi connectivity index (χ3n) is 3.38. The fraction of sp³-hybridized carbons (Fsp3) is 0.462. The Kier molecular flexibility index (Phi) is 3.45. The predicted octanol–water partition coefficient (Wildman–Crippen LogP) is 1.85. The zero-order valence-electron chi connectivity index (χ0n) is 10.8. The van der Waals surface area contributed by atoms with Crippen molar-refractivity contribution in [3.63, 3.8) is 0 Å². The number of carbonyl (C=O) groups is 1. The summed E-state index contributed by atoms with van der Waals surface area (Å²) in [4.78, 5) is 12.5. The van der Waals surface area contributed by atoms with Crippen molar-refractivity contribution >= 4 is 11.7 Å². The highest BCUT2D eigenvalue weighted by atomic mass is 19.2. The lowest BCUT2D eigenvalue weighted by Gasteiger charge is -2.44. The van der Waals surface area contributed by atoms with Crippen molar-refractivity contribution in [2.75, 3.05) is 24.5 Å². The molecule has 0 unspecified atom stereocenters. The average Bonchev–Trinajstić information content (AvgIpc) is 2.32. The number of piperazine rings is 1. The summed E-state index contributed by atoms with van der Waals surface area (Å²) in [5, 5.41) is 12.0. The molecule has 4 nitrogen and oxygen atoms in total. The van der Waals surface area contributed by atoms with Crippen LogP contribution < -0.4 is 10.2 Å². The highest BCUT2D eigenvalue weighted by molar-refractivity contribution is 5.88. The van der Waals surface area contributed by atoms with Gasteiger partial charge in [0.25, 0.3) is 0 Å². The highest BCUT2D eigenvalue weighted by Crippen LogP contribution is 2.30. The van der Waals surface area contributed by atoms with Crippen LogP contribution in [0.3, 0.4) is 0 Å². The van der Waals surface area contributed by atoms with Crippen molar-refractivity contribution in [2.24, 2.45) is 0 Å². The van der Waals surface area contributed by atoms with Gasteiger partial charge in [-0.2, -0.15) is 0 Å². The number of hydrogen-bond acceptors (Lipinski definition) is 3. The number of halogens is 2. The first-order valence-corrected chi connectivity index (χ1v) is 6.04. The van der Waals surface area contributed by atoms with Gasteiger partial charge in [0.2, 0.25) is 0 Å². The highest BCUT2D eigenvalue weighted by Gasteiger charge is 2.32. The topological polar surface area (TPSA) is 52.6 Å². The van der Waals surface area contributed by atoms with E-state index in [0.29, 0.717) is 19.6 Å². The lowest BCUT2D eigenvalue weighted by Crippen LogP contribution is -2.58. The van der Waals surface area contributed by atoms with E-state index in [1.807, 2.05) is 13.8 Å². The molecule has 0 spiro atoms. The van der Waals surface area contributed by atoms with Crippen LogP contribution in [0.25, 0.3) is 0 Å². The van der Waals surface area contributed by atoms with Crippen LogP contribution in [0, 0.1) is 11.6 Å². The lowest BCUT2D eigenvalue weighted by molar-refractivity contribution is 0.0690. The van der Waals surface area contributed by atoms with E-state index in [2.05, 4.69) is 5.32 Å². The van der Waals surface area contributed by atoms with Gasteiger partial charge in [0.15, 0.2) is 11.6 Å². The van der Waals surface area contributed by atoms with Crippen molar-refractivity contribution < 1.29 is 18.7 Å². The summed E-state index contributed by atoms with van der Waals surface area (Å²) in [5.74, 6) is -3.88. The molecule has 1 aliphatic heterocycles. The van der Waals surface area contributed by atoms with Crippen LogP contribution in [0.15, 0.2) is 12.1 Å². The number of anilines is 1. The summed E-state index contributed by atoms with van der Waals surface area (Å²) >= 11 is 0. The monoisotopic (exact) mass is 270 g/mol. The van der Waals surface area contributed by atoms with Gasteiger partial charge in [0.1, 0.15) is 0 Å². The number of aromatic carboxylic acids is 1. The van der Waals surface area contributed by atoms with E-state index >= 15 is 0 Å². The van der Waals surface area contributed by atoms with Crippen LogP contribution in [0.2, 0.25) is 0 Å². The van der Waals surface area contributed by atoms with Gasteiger partial charge in [0, 0.05) is 25.2 Å². The van der Waals surface area contributed by atoms with E-state index in [4.69, 9.17) is 5.11 Å². The second kappa shape index (κ2) is 4.77. The maximum absolute atomic E-state index is 14.0. The summed E-state index contributed by atoms with van der Waals surface area (Å²) in [5.41, 5.74) is -0.904. The van der Waals surface area contributed by atoms with E-state index in [9.17, 15) is 13.6 Å². The second-order valence-corrected chi connectivity index (χ2v) is 5.21. The Balaban J connectivity index is 2.46. The van der Waals surface area contributed by atoms with Gasteiger partial charge in [-0.1, -0.05) is 0 Å². The SMILES string of the molecule is CC1(C)CNCCN1c1ccc(C(=O)O)c(F)c1F. The maximum atomic E-state index is 14.0. The minimum atomic E-state index is -1.47. The molecule has 0 atom stereocenters. The molecule has 1 aromatic carbocycles. The van der Waals surface area contributed by atoms with E-state index in [1.165, 1.54) is 6.07 Å². The van der Waals surface area contributed by atoms with Crippen LogP contribution in [0.1, 0.15) is 24.2 Å². The third kappa shape index (κ3) is 2.40. The standard InChI is InChI=1S/C13H16F2N2O2/c1-13(2)7-16-5-6-17(13)9-4-3-8(12(18)19)10(14)11(9)15/h3-4,16H,5-7H2,1-2H3,(H,18,19). The molecular weight excluding hydrogens is 254 g/mol. The minimum Gasteiger partial charge on any atom is -0.478 e. The minimum absolute atomic E-state index is 0.106. The number of nitrogens with one attached hydrogen (secondary N) is 1. The summed E-state index contributed by atoms with van der Waals surface area (Å²) in [6.45, 7) is 5.69. The molecule has 2 N–H and O–H groups in total. The van der Waals surface area contributed by atoms with Gasteiger partial charge in [-0.15, -0.1) is 0 Å². The van der Waals surface area contributed by atoms with E-state index in [1.54, 1.807) is 4.90 Å². The molecule has 1 aromatic rings. The number of hydrogen-bond donors (Lipinski definition) is 2. The molecule has 1 aliphatic rings. The largest absolute Gasteiger partial charge is 0.478 e. The Labute approximate surface area is 110 Å². The first-order valence-electron chi connectivity index (χ1n) is 6.04. The van der Waals surface area contributed by atoms with Crippen LogP contribution in [-0.2, 0) is 0 Å². The van der Waals surface area contributed by atoms with Gasteiger partial charge >= 0.3 is 5.97 Å². The molecule has 19 heavy (non-hydrogen) atoms. The normalized spacial score (nSPS) is 18.4. The Bertz CT molecular complexity index is 518. The first-order chi connectivity index (χ1) is 8.84. The molecule has 1 saturated heterocycles. The Morgan fingerprint density at radius 2 is 2.05 bits per heavy atom. The first kappa shape index (κ1) is 13.7. The molecule has 1 fully saturated rings.